The SMILES string of the molecule is CCCCCCCCCc1c(Oc2ccccc2)ccc(S(=O)(=O)O)c1[O-].[Na+]. The van der Waals surface area contributed by atoms with Gasteiger partial charge in [-0.3, -0.25) is 4.55 Å². The third kappa shape index (κ3) is 7.76. The Labute approximate surface area is 190 Å². The zero-order chi connectivity index (χ0) is 19.7. The van der Waals surface area contributed by atoms with Crippen LogP contribution < -0.4 is 39.4 Å². The summed E-state index contributed by atoms with van der Waals surface area (Å²) in [6.45, 7) is 2.17. The van der Waals surface area contributed by atoms with E-state index in [9.17, 15) is 18.1 Å². The second kappa shape index (κ2) is 12.5. The van der Waals surface area contributed by atoms with Gasteiger partial charge in [0.1, 0.15) is 11.5 Å². The van der Waals surface area contributed by atoms with Gasteiger partial charge in [-0.1, -0.05) is 69.4 Å². The first kappa shape index (κ1) is 25.0. The van der Waals surface area contributed by atoms with Gasteiger partial charge >= 0.3 is 29.6 Å². The number of rotatable bonds is 11. The Hall–Kier alpha value is -1.05. The zero-order valence-corrected chi connectivity index (χ0v) is 19.5. The molecule has 2 rings (SSSR count). The molecule has 2 aromatic rings. The molecule has 0 heterocycles. The molecule has 0 radical (unpaired) electrons. The van der Waals surface area contributed by atoms with Gasteiger partial charge in [-0.2, -0.15) is 8.42 Å². The molecule has 0 saturated heterocycles. The van der Waals surface area contributed by atoms with Gasteiger partial charge in [-0.25, -0.2) is 0 Å². The van der Waals surface area contributed by atoms with Crippen molar-refractivity contribution in [3.63, 3.8) is 0 Å². The summed E-state index contributed by atoms with van der Waals surface area (Å²) in [6, 6.07) is 11.5. The standard InChI is InChI=1S/C21H28O5S.Na/c1-2-3-4-5-6-7-11-14-18-19(26-17-12-9-8-10-13-17)15-16-20(21(18)22)27(23,24)25;/h8-10,12-13,15-16,22H,2-7,11,14H2,1H3,(H,23,24,25);/q;+1/p-1. The first-order valence-corrected chi connectivity index (χ1v) is 10.9. The predicted molar refractivity (Wildman–Crippen MR) is 104 cm³/mol. The molecule has 148 valence electrons. The molecule has 0 aliphatic carbocycles. The largest absolute Gasteiger partial charge is 1.00 e. The fourth-order valence-corrected chi connectivity index (χ4v) is 3.60. The number of hydrogen-bond donors (Lipinski definition) is 1. The normalized spacial score (nSPS) is 11.1. The summed E-state index contributed by atoms with van der Waals surface area (Å²) >= 11 is 0. The molecule has 0 amide bonds. The van der Waals surface area contributed by atoms with Crippen molar-refractivity contribution in [3.8, 4) is 17.2 Å². The summed E-state index contributed by atoms with van der Waals surface area (Å²) in [4.78, 5) is -0.596. The van der Waals surface area contributed by atoms with Crippen LogP contribution in [0.4, 0.5) is 0 Å². The first-order valence-electron chi connectivity index (χ1n) is 9.46. The summed E-state index contributed by atoms with van der Waals surface area (Å²) in [5, 5.41) is 12.6. The average molecular weight is 414 g/mol. The third-order valence-electron chi connectivity index (χ3n) is 4.46. The first-order chi connectivity index (χ1) is 12.9. The van der Waals surface area contributed by atoms with Crippen molar-refractivity contribution in [2.45, 2.75) is 63.2 Å². The van der Waals surface area contributed by atoms with Gasteiger partial charge in [0.25, 0.3) is 10.1 Å². The van der Waals surface area contributed by atoms with Crippen molar-refractivity contribution < 1.29 is 52.4 Å². The summed E-state index contributed by atoms with van der Waals surface area (Å²) in [5.41, 5.74) is 0.294. The van der Waals surface area contributed by atoms with Crippen molar-refractivity contribution in [1.29, 1.82) is 0 Å². The maximum Gasteiger partial charge on any atom is 1.00 e. The van der Waals surface area contributed by atoms with Gasteiger partial charge in [0.15, 0.2) is 0 Å². The van der Waals surface area contributed by atoms with Gasteiger partial charge in [0.05, 0.1) is 4.90 Å². The number of unbranched alkanes of at least 4 members (excludes halogenated alkanes) is 6. The van der Waals surface area contributed by atoms with Crippen LogP contribution in [0, 0.1) is 0 Å². The van der Waals surface area contributed by atoms with E-state index in [0.717, 1.165) is 31.7 Å². The predicted octanol–water partition coefficient (Wildman–Crippen LogP) is 2.10. The van der Waals surface area contributed by atoms with Crippen LogP contribution in [0.2, 0.25) is 0 Å². The van der Waals surface area contributed by atoms with Crippen LogP contribution in [0.25, 0.3) is 0 Å². The van der Waals surface area contributed by atoms with Crippen molar-refractivity contribution in [2.75, 3.05) is 0 Å². The molecular formula is C21H27NaO5S. The van der Waals surface area contributed by atoms with E-state index in [1.165, 1.54) is 25.3 Å². The van der Waals surface area contributed by atoms with Crippen molar-refractivity contribution in [1.82, 2.24) is 0 Å². The van der Waals surface area contributed by atoms with Crippen LogP contribution >= 0.6 is 0 Å². The van der Waals surface area contributed by atoms with Crippen LogP contribution in [0.15, 0.2) is 47.4 Å². The molecular weight excluding hydrogens is 387 g/mol. The van der Waals surface area contributed by atoms with Gasteiger partial charge in [-0.05, 0) is 42.7 Å². The maximum absolute atomic E-state index is 12.6. The summed E-state index contributed by atoms with van der Waals surface area (Å²) in [5.74, 6) is 0.221. The molecule has 0 aliphatic heterocycles. The van der Waals surface area contributed by atoms with Crippen molar-refractivity contribution >= 4 is 10.1 Å². The minimum absolute atomic E-state index is 0. The fourth-order valence-electron chi connectivity index (χ4n) is 3.00. The maximum atomic E-state index is 12.6. The van der Waals surface area contributed by atoms with Gasteiger partial charge in [0, 0.05) is 0 Å². The third-order valence-corrected chi connectivity index (χ3v) is 5.34. The molecule has 28 heavy (non-hydrogen) atoms. The monoisotopic (exact) mass is 414 g/mol. The van der Waals surface area contributed by atoms with Gasteiger partial charge in [0.2, 0.25) is 0 Å². The molecule has 0 spiro atoms. The van der Waals surface area contributed by atoms with Gasteiger partial charge in [-0.15, -0.1) is 0 Å². The summed E-state index contributed by atoms with van der Waals surface area (Å²) < 4.78 is 38.0. The minimum atomic E-state index is -4.56. The second-order valence-corrected chi connectivity index (χ2v) is 8.02. The van der Waals surface area contributed by atoms with Crippen LogP contribution in [0.3, 0.4) is 0 Å². The topological polar surface area (TPSA) is 86.7 Å². The molecule has 0 bridgehead atoms. The summed E-state index contributed by atoms with van der Waals surface area (Å²) in [6.07, 6.45) is 8.03. The number of ether oxygens (including phenoxy) is 1. The van der Waals surface area contributed by atoms with E-state index in [1.54, 1.807) is 12.1 Å². The second-order valence-electron chi connectivity index (χ2n) is 6.63. The molecule has 0 aliphatic rings. The molecule has 0 unspecified atom stereocenters. The summed E-state index contributed by atoms with van der Waals surface area (Å²) in [7, 11) is -4.56. The Morgan fingerprint density at radius 1 is 0.929 bits per heavy atom. The Morgan fingerprint density at radius 3 is 2.14 bits per heavy atom. The van der Waals surface area contributed by atoms with Crippen molar-refractivity contribution in [2.24, 2.45) is 0 Å². The van der Waals surface area contributed by atoms with E-state index in [-0.39, 0.29) is 29.6 Å². The van der Waals surface area contributed by atoms with E-state index < -0.39 is 20.8 Å². The Kier molecular flexibility index (Phi) is 11.2. The van der Waals surface area contributed by atoms with E-state index in [1.807, 2.05) is 18.2 Å². The number of para-hydroxylation sites is 1. The van der Waals surface area contributed by atoms with Crippen molar-refractivity contribution in [3.05, 3.63) is 48.0 Å². The molecule has 0 fully saturated rings. The van der Waals surface area contributed by atoms with Gasteiger partial charge < -0.3 is 9.84 Å². The Bertz CT molecular complexity index is 822. The van der Waals surface area contributed by atoms with E-state index in [4.69, 9.17) is 4.74 Å². The molecule has 5 nitrogen and oxygen atoms in total. The van der Waals surface area contributed by atoms with E-state index in [2.05, 4.69) is 6.92 Å². The van der Waals surface area contributed by atoms with Crippen LogP contribution in [0.1, 0.15) is 57.4 Å². The smallest absolute Gasteiger partial charge is 0.871 e. The molecule has 7 heteroatoms. The molecule has 0 aromatic heterocycles. The van der Waals surface area contributed by atoms with Crippen LogP contribution in [-0.2, 0) is 16.5 Å². The van der Waals surface area contributed by atoms with E-state index in [0.29, 0.717) is 23.5 Å². The molecule has 2 aromatic carbocycles. The Balaban J connectivity index is 0.00000392. The average Bonchev–Trinajstić information content (AvgIpc) is 2.63. The van der Waals surface area contributed by atoms with Crippen LogP contribution in [0.5, 0.6) is 17.2 Å². The quantitative estimate of drug-likeness (QED) is 0.346. The molecule has 0 saturated carbocycles. The Morgan fingerprint density at radius 2 is 1.54 bits per heavy atom. The number of hydrogen-bond acceptors (Lipinski definition) is 4. The number of benzene rings is 2. The minimum Gasteiger partial charge on any atom is -0.871 e. The zero-order valence-electron chi connectivity index (χ0n) is 16.7. The molecule has 0 atom stereocenters. The molecule has 1 N–H and O–H groups in total. The van der Waals surface area contributed by atoms with Crippen LogP contribution in [-0.4, -0.2) is 13.0 Å². The van der Waals surface area contributed by atoms with E-state index >= 15 is 0 Å². The fraction of sp³-hybridized carbons (Fsp3) is 0.429.